The van der Waals surface area contributed by atoms with Crippen LogP contribution in [0.15, 0.2) is 81.0 Å². The zero-order chi connectivity index (χ0) is 24.3. The van der Waals surface area contributed by atoms with Crippen molar-refractivity contribution in [2.45, 2.75) is 18.0 Å². The zero-order valence-corrected chi connectivity index (χ0v) is 19.3. The highest BCUT2D eigenvalue weighted by molar-refractivity contribution is 7.89. The van der Waals surface area contributed by atoms with Crippen LogP contribution in [-0.2, 0) is 27.8 Å². The summed E-state index contributed by atoms with van der Waals surface area (Å²) < 4.78 is 43.8. The number of furan rings is 1. The minimum Gasteiger partial charge on any atom is -0.497 e. The van der Waals surface area contributed by atoms with Gasteiger partial charge in [0.1, 0.15) is 11.5 Å². The van der Waals surface area contributed by atoms with Crippen molar-refractivity contribution in [2.75, 3.05) is 14.2 Å². The number of hydrogen-bond donors (Lipinski definition) is 1. The van der Waals surface area contributed by atoms with Crippen molar-refractivity contribution >= 4 is 26.9 Å². The van der Waals surface area contributed by atoms with Gasteiger partial charge in [-0.2, -0.15) is 4.31 Å². The summed E-state index contributed by atoms with van der Waals surface area (Å²) in [5.74, 6) is 0.174. The van der Waals surface area contributed by atoms with Crippen molar-refractivity contribution < 1.29 is 27.1 Å². The van der Waals surface area contributed by atoms with Crippen molar-refractivity contribution in [1.82, 2.24) is 9.29 Å². The molecule has 0 spiro atoms. The summed E-state index contributed by atoms with van der Waals surface area (Å²) in [6, 6.07) is 15.9. The highest BCUT2D eigenvalue weighted by Gasteiger charge is 2.31. The number of aromatic amines is 1. The number of H-pyrrole nitrogens is 1. The fourth-order valence-electron chi connectivity index (χ4n) is 3.57. The first-order valence-electron chi connectivity index (χ1n) is 10.2. The summed E-state index contributed by atoms with van der Waals surface area (Å²) in [5.41, 5.74) is 0.239. The number of carbonyl (C=O) groups is 1. The van der Waals surface area contributed by atoms with Gasteiger partial charge in [0.2, 0.25) is 10.0 Å². The van der Waals surface area contributed by atoms with Crippen LogP contribution in [0.1, 0.15) is 21.7 Å². The third kappa shape index (κ3) is 4.59. The molecule has 2 aromatic carbocycles. The molecule has 2 heterocycles. The van der Waals surface area contributed by atoms with E-state index in [1.54, 1.807) is 42.5 Å². The monoisotopic (exact) mass is 482 g/mol. The van der Waals surface area contributed by atoms with Crippen LogP contribution in [0.2, 0.25) is 0 Å². The molecule has 0 aliphatic carbocycles. The number of pyridine rings is 1. The largest absolute Gasteiger partial charge is 0.497 e. The molecule has 176 valence electrons. The van der Waals surface area contributed by atoms with Crippen LogP contribution in [0.4, 0.5) is 0 Å². The molecule has 0 amide bonds. The van der Waals surface area contributed by atoms with E-state index in [1.165, 1.54) is 38.7 Å². The Balaban J connectivity index is 1.80. The second-order valence-electron chi connectivity index (χ2n) is 7.42. The lowest BCUT2D eigenvalue weighted by Crippen LogP contribution is -2.33. The molecule has 4 rings (SSSR count). The lowest BCUT2D eigenvalue weighted by atomic mass is 10.1. The summed E-state index contributed by atoms with van der Waals surface area (Å²) in [4.78, 5) is 27.6. The molecule has 0 radical (unpaired) electrons. The standard InChI is InChI=1S/C24H22N2O7S/c1-31-18-10-9-16-12-17(23(27)25-21(16)13-18)14-26(15-19-6-5-11-33-19)34(29,30)22-8-4-3-7-20(22)24(28)32-2/h3-13H,14-15H2,1-2H3,(H,25,27). The van der Waals surface area contributed by atoms with E-state index < -0.39 is 21.6 Å². The van der Waals surface area contributed by atoms with Crippen LogP contribution < -0.4 is 10.3 Å². The maximum absolute atomic E-state index is 13.7. The van der Waals surface area contributed by atoms with Crippen molar-refractivity contribution in [3.05, 3.63) is 94.2 Å². The average Bonchev–Trinajstić information content (AvgIpc) is 3.36. The van der Waals surface area contributed by atoms with Crippen LogP contribution >= 0.6 is 0 Å². The summed E-state index contributed by atoms with van der Waals surface area (Å²) >= 11 is 0. The number of nitrogens with one attached hydrogen (secondary N) is 1. The van der Waals surface area contributed by atoms with Gasteiger partial charge in [-0.05, 0) is 47.9 Å². The molecule has 0 aliphatic heterocycles. The second-order valence-corrected chi connectivity index (χ2v) is 9.32. The molecule has 2 aromatic heterocycles. The molecule has 1 N–H and O–H groups in total. The minimum absolute atomic E-state index is 0.103. The van der Waals surface area contributed by atoms with Gasteiger partial charge < -0.3 is 18.9 Å². The van der Waals surface area contributed by atoms with Crippen LogP contribution in [0, 0.1) is 0 Å². The van der Waals surface area contributed by atoms with Crippen LogP contribution in [-0.4, -0.2) is 37.9 Å². The van der Waals surface area contributed by atoms with E-state index in [0.29, 0.717) is 22.4 Å². The van der Waals surface area contributed by atoms with Gasteiger partial charge in [0.25, 0.3) is 5.56 Å². The molecule has 9 nitrogen and oxygen atoms in total. The number of nitrogens with zero attached hydrogens (tertiary/aromatic N) is 1. The summed E-state index contributed by atoms with van der Waals surface area (Å²) in [5, 5.41) is 0.709. The number of carbonyl (C=O) groups excluding carboxylic acids is 1. The number of benzene rings is 2. The SMILES string of the molecule is COC(=O)c1ccccc1S(=O)(=O)N(Cc1ccco1)Cc1cc2ccc(OC)cc2[nH]c1=O. The Morgan fingerprint density at radius 3 is 2.53 bits per heavy atom. The maximum atomic E-state index is 13.7. The Labute approximate surface area is 195 Å². The lowest BCUT2D eigenvalue weighted by molar-refractivity contribution is 0.0596. The fraction of sp³-hybridized carbons (Fsp3) is 0.167. The van der Waals surface area contributed by atoms with Crippen LogP contribution in [0.25, 0.3) is 10.9 Å². The van der Waals surface area contributed by atoms with E-state index in [-0.39, 0.29) is 29.1 Å². The maximum Gasteiger partial charge on any atom is 0.339 e. The molecule has 0 saturated heterocycles. The molecule has 34 heavy (non-hydrogen) atoms. The average molecular weight is 483 g/mol. The second kappa shape index (κ2) is 9.54. The lowest BCUT2D eigenvalue weighted by Gasteiger charge is -2.22. The Bertz CT molecular complexity index is 1490. The Morgan fingerprint density at radius 1 is 1.03 bits per heavy atom. The van der Waals surface area contributed by atoms with E-state index in [2.05, 4.69) is 4.98 Å². The molecule has 0 saturated carbocycles. The number of esters is 1. The quantitative estimate of drug-likeness (QED) is 0.383. The Morgan fingerprint density at radius 2 is 1.82 bits per heavy atom. The Kier molecular flexibility index (Phi) is 6.53. The number of methoxy groups -OCH3 is 2. The van der Waals surface area contributed by atoms with Crippen molar-refractivity contribution in [3.63, 3.8) is 0 Å². The van der Waals surface area contributed by atoms with Crippen molar-refractivity contribution in [2.24, 2.45) is 0 Å². The van der Waals surface area contributed by atoms with E-state index in [1.807, 2.05) is 0 Å². The van der Waals surface area contributed by atoms with Gasteiger partial charge in [0.05, 0.1) is 43.0 Å². The molecule has 10 heteroatoms. The Hall–Kier alpha value is -3.89. The molecule has 4 aromatic rings. The molecule has 0 aliphatic rings. The first-order chi connectivity index (χ1) is 16.3. The first-order valence-corrected chi connectivity index (χ1v) is 11.7. The van der Waals surface area contributed by atoms with E-state index in [9.17, 15) is 18.0 Å². The smallest absolute Gasteiger partial charge is 0.339 e. The van der Waals surface area contributed by atoms with Gasteiger partial charge >= 0.3 is 5.97 Å². The minimum atomic E-state index is -4.24. The molecular formula is C24H22N2O7S. The van der Waals surface area contributed by atoms with E-state index in [0.717, 1.165) is 4.31 Å². The normalized spacial score (nSPS) is 11.6. The zero-order valence-electron chi connectivity index (χ0n) is 18.5. The summed E-state index contributed by atoms with van der Waals surface area (Å²) in [7, 11) is -1.54. The third-order valence-electron chi connectivity index (χ3n) is 5.30. The number of aromatic nitrogens is 1. The number of rotatable bonds is 8. The molecule has 0 bridgehead atoms. The van der Waals surface area contributed by atoms with Crippen LogP contribution in [0.5, 0.6) is 5.75 Å². The molecule has 0 atom stereocenters. The van der Waals surface area contributed by atoms with E-state index >= 15 is 0 Å². The van der Waals surface area contributed by atoms with Crippen molar-refractivity contribution in [3.8, 4) is 5.75 Å². The predicted octanol–water partition coefficient (Wildman–Crippen LogP) is 3.31. The van der Waals surface area contributed by atoms with Gasteiger partial charge in [-0.3, -0.25) is 4.79 Å². The number of sulfonamides is 1. The molecule has 0 unspecified atom stereocenters. The van der Waals surface area contributed by atoms with Gasteiger partial charge in [-0.15, -0.1) is 0 Å². The predicted molar refractivity (Wildman–Crippen MR) is 124 cm³/mol. The molecular weight excluding hydrogens is 460 g/mol. The van der Waals surface area contributed by atoms with Crippen LogP contribution in [0.3, 0.4) is 0 Å². The highest BCUT2D eigenvalue weighted by atomic mass is 32.2. The van der Waals surface area contributed by atoms with Gasteiger partial charge in [0.15, 0.2) is 0 Å². The first kappa shape index (κ1) is 23.3. The summed E-state index contributed by atoms with van der Waals surface area (Å²) in [6.07, 6.45) is 1.43. The highest BCUT2D eigenvalue weighted by Crippen LogP contribution is 2.25. The number of fused-ring (bicyclic) bond motifs is 1. The molecule has 0 fully saturated rings. The van der Waals surface area contributed by atoms with Gasteiger partial charge in [-0.1, -0.05) is 12.1 Å². The van der Waals surface area contributed by atoms with Crippen molar-refractivity contribution in [1.29, 1.82) is 0 Å². The van der Waals surface area contributed by atoms with E-state index in [4.69, 9.17) is 13.9 Å². The fourth-order valence-corrected chi connectivity index (χ4v) is 5.14. The number of ether oxygens (including phenoxy) is 2. The van der Waals surface area contributed by atoms with Gasteiger partial charge in [-0.25, -0.2) is 13.2 Å². The third-order valence-corrected chi connectivity index (χ3v) is 7.15. The topological polar surface area (TPSA) is 119 Å². The summed E-state index contributed by atoms with van der Waals surface area (Å²) in [6.45, 7) is -0.402. The number of hydrogen-bond acceptors (Lipinski definition) is 7. The van der Waals surface area contributed by atoms with Gasteiger partial charge in [0, 0.05) is 18.2 Å².